The Kier molecular flexibility index (Phi) is 5.38. The molecule has 0 saturated heterocycles. The van der Waals surface area contributed by atoms with Crippen molar-refractivity contribution in [3.05, 3.63) is 164 Å². The number of aromatic nitrogens is 1. The van der Waals surface area contributed by atoms with Crippen molar-refractivity contribution >= 4 is 76.3 Å². The Morgan fingerprint density at radius 1 is 0.429 bits per heavy atom. The first kappa shape index (κ1) is 26.5. The highest BCUT2D eigenvalue weighted by atomic mass is 16.3. The van der Waals surface area contributed by atoms with E-state index in [1.54, 1.807) is 6.26 Å². The number of hydrogen-bond acceptors (Lipinski definition) is 2. The van der Waals surface area contributed by atoms with Gasteiger partial charge in [-0.3, -0.25) is 0 Å². The van der Waals surface area contributed by atoms with Crippen LogP contribution in [0, 0.1) is 0 Å². The van der Waals surface area contributed by atoms with Gasteiger partial charge < -0.3 is 13.4 Å². The van der Waals surface area contributed by atoms with Crippen LogP contribution in [0.4, 0.5) is 0 Å². The summed E-state index contributed by atoms with van der Waals surface area (Å²) in [5, 5.41) is 10.6. The van der Waals surface area contributed by atoms with E-state index in [4.69, 9.17) is 8.83 Å². The molecule has 0 fully saturated rings. The van der Waals surface area contributed by atoms with Crippen molar-refractivity contribution in [2.75, 3.05) is 0 Å². The highest BCUT2D eigenvalue weighted by molar-refractivity contribution is 6.27. The van der Waals surface area contributed by atoms with Gasteiger partial charge in [0.15, 0.2) is 0 Å². The molecule has 11 aromatic rings. The van der Waals surface area contributed by atoms with Crippen LogP contribution < -0.4 is 0 Å². The summed E-state index contributed by atoms with van der Waals surface area (Å²) >= 11 is 0. The molecule has 3 heteroatoms. The quantitative estimate of drug-likeness (QED) is 0.183. The van der Waals surface area contributed by atoms with E-state index < -0.39 is 0 Å². The Morgan fingerprint density at radius 3 is 1.86 bits per heavy atom. The standard InChI is InChI=1S/C46H27NO2/c1-2-11-30(12-3-1)47-38-19-9-8-17-35(38)44-36(18-10-20-39(44)47)43-33-15-6-4-13-31(33)42(32-14-5-7-16-34(32)43)29-22-23-40-37(27-29)45-41(49-40)24-21-28-25-26-48-46(28)45/h1-27H. The number of fused-ring (bicyclic) bond motifs is 10. The molecule has 0 aliphatic rings. The monoisotopic (exact) mass is 625 g/mol. The number of nitrogens with zero attached hydrogens (tertiary/aromatic N) is 1. The van der Waals surface area contributed by atoms with Gasteiger partial charge in [0.05, 0.1) is 22.7 Å². The van der Waals surface area contributed by atoms with Crippen molar-refractivity contribution in [2.24, 2.45) is 0 Å². The smallest absolute Gasteiger partial charge is 0.145 e. The van der Waals surface area contributed by atoms with Crippen molar-refractivity contribution < 1.29 is 8.83 Å². The highest BCUT2D eigenvalue weighted by Crippen LogP contribution is 2.48. The summed E-state index contributed by atoms with van der Waals surface area (Å²) in [6.45, 7) is 0. The minimum atomic E-state index is 0.836. The molecular formula is C46H27NO2. The van der Waals surface area contributed by atoms with E-state index in [1.807, 2.05) is 12.1 Å². The molecule has 0 N–H and O–H groups in total. The lowest BCUT2D eigenvalue weighted by Gasteiger charge is -2.18. The first-order valence-corrected chi connectivity index (χ1v) is 16.7. The van der Waals surface area contributed by atoms with Crippen LogP contribution in [0.2, 0.25) is 0 Å². The second kappa shape index (κ2) is 9.96. The zero-order valence-electron chi connectivity index (χ0n) is 26.4. The molecule has 0 unspecified atom stereocenters. The number of hydrogen-bond donors (Lipinski definition) is 0. The van der Waals surface area contributed by atoms with Crippen LogP contribution in [0.15, 0.2) is 173 Å². The fourth-order valence-corrected chi connectivity index (χ4v) is 8.26. The van der Waals surface area contributed by atoms with Gasteiger partial charge in [-0.05, 0) is 98.4 Å². The predicted molar refractivity (Wildman–Crippen MR) is 204 cm³/mol. The molecule has 0 amide bonds. The first-order valence-electron chi connectivity index (χ1n) is 16.7. The fourth-order valence-electron chi connectivity index (χ4n) is 8.26. The molecule has 0 spiro atoms. The Morgan fingerprint density at radius 2 is 1.08 bits per heavy atom. The summed E-state index contributed by atoms with van der Waals surface area (Å²) in [6.07, 6.45) is 1.75. The SMILES string of the molecule is c1ccc(-n2c3ccccc3c3c(-c4c5ccccc5c(-c5ccc6oc7ccc8ccoc8c7c6c5)c5ccccc45)cccc32)cc1. The second-order valence-electron chi connectivity index (χ2n) is 12.8. The third-order valence-corrected chi connectivity index (χ3v) is 10.3. The molecule has 0 radical (unpaired) electrons. The average molecular weight is 626 g/mol. The van der Waals surface area contributed by atoms with Crippen LogP contribution in [-0.4, -0.2) is 4.57 Å². The van der Waals surface area contributed by atoms with Gasteiger partial charge in [-0.2, -0.15) is 0 Å². The average Bonchev–Trinajstić information content (AvgIpc) is 3.87. The van der Waals surface area contributed by atoms with E-state index in [1.165, 1.54) is 60.0 Å². The number of benzene rings is 8. The van der Waals surface area contributed by atoms with Crippen LogP contribution in [-0.2, 0) is 0 Å². The molecule has 228 valence electrons. The number of para-hydroxylation sites is 2. The molecule has 49 heavy (non-hydrogen) atoms. The topological polar surface area (TPSA) is 31.2 Å². The lowest BCUT2D eigenvalue weighted by molar-refractivity contribution is 0.618. The first-order chi connectivity index (χ1) is 24.3. The van der Waals surface area contributed by atoms with Gasteiger partial charge >= 0.3 is 0 Å². The van der Waals surface area contributed by atoms with E-state index >= 15 is 0 Å². The summed E-state index contributed by atoms with van der Waals surface area (Å²) in [5.74, 6) is 0. The van der Waals surface area contributed by atoms with E-state index in [0.29, 0.717) is 0 Å². The molecule has 3 nitrogen and oxygen atoms in total. The van der Waals surface area contributed by atoms with Gasteiger partial charge in [-0.1, -0.05) is 103 Å². The maximum absolute atomic E-state index is 6.32. The van der Waals surface area contributed by atoms with Gasteiger partial charge in [-0.15, -0.1) is 0 Å². The van der Waals surface area contributed by atoms with Gasteiger partial charge in [0.25, 0.3) is 0 Å². The van der Waals surface area contributed by atoms with Crippen molar-refractivity contribution in [1.29, 1.82) is 0 Å². The molecule has 11 rings (SSSR count). The van der Waals surface area contributed by atoms with Crippen LogP contribution >= 0.6 is 0 Å². The fraction of sp³-hybridized carbons (Fsp3) is 0. The summed E-state index contributed by atoms with van der Waals surface area (Å²) in [5.41, 5.74) is 11.0. The molecule has 3 aromatic heterocycles. The third-order valence-electron chi connectivity index (χ3n) is 10.3. The van der Waals surface area contributed by atoms with Crippen LogP contribution in [0.1, 0.15) is 0 Å². The van der Waals surface area contributed by atoms with E-state index in [-0.39, 0.29) is 0 Å². The summed E-state index contributed by atoms with van der Waals surface area (Å²) in [4.78, 5) is 0. The Bertz CT molecular complexity index is 3050. The zero-order valence-corrected chi connectivity index (χ0v) is 26.4. The van der Waals surface area contributed by atoms with E-state index in [2.05, 4.69) is 150 Å². The van der Waals surface area contributed by atoms with Gasteiger partial charge in [0, 0.05) is 27.2 Å². The van der Waals surface area contributed by atoms with Crippen LogP contribution in [0.25, 0.3) is 104 Å². The Labute approximate surface area is 280 Å². The van der Waals surface area contributed by atoms with E-state index in [9.17, 15) is 0 Å². The molecule has 0 bridgehead atoms. The van der Waals surface area contributed by atoms with Crippen molar-refractivity contribution in [1.82, 2.24) is 4.57 Å². The number of rotatable bonds is 3. The molecule has 0 aliphatic heterocycles. The molecule has 0 saturated carbocycles. The molecule has 8 aromatic carbocycles. The lowest BCUT2D eigenvalue weighted by atomic mass is 9.84. The second-order valence-corrected chi connectivity index (χ2v) is 12.8. The highest BCUT2D eigenvalue weighted by Gasteiger charge is 2.22. The maximum atomic E-state index is 6.32. The van der Waals surface area contributed by atoms with Crippen molar-refractivity contribution in [3.63, 3.8) is 0 Å². The lowest BCUT2D eigenvalue weighted by Crippen LogP contribution is -1.93. The van der Waals surface area contributed by atoms with Crippen LogP contribution in [0.5, 0.6) is 0 Å². The molecule has 0 aliphatic carbocycles. The maximum Gasteiger partial charge on any atom is 0.145 e. The molecule has 0 atom stereocenters. The Hall–Kier alpha value is -6.58. The van der Waals surface area contributed by atoms with Crippen molar-refractivity contribution in [2.45, 2.75) is 0 Å². The van der Waals surface area contributed by atoms with Gasteiger partial charge in [0.2, 0.25) is 0 Å². The van der Waals surface area contributed by atoms with Crippen molar-refractivity contribution in [3.8, 4) is 27.9 Å². The largest absolute Gasteiger partial charge is 0.464 e. The number of furan rings is 2. The van der Waals surface area contributed by atoms with Crippen LogP contribution in [0.3, 0.4) is 0 Å². The normalized spacial score (nSPS) is 12.1. The molecular weight excluding hydrogens is 599 g/mol. The summed E-state index contributed by atoms with van der Waals surface area (Å²) < 4.78 is 14.7. The third kappa shape index (κ3) is 3.67. The Balaban J connectivity index is 1.26. The molecule has 3 heterocycles. The van der Waals surface area contributed by atoms with Gasteiger partial charge in [-0.25, -0.2) is 0 Å². The zero-order chi connectivity index (χ0) is 32.1. The summed E-state index contributed by atoms with van der Waals surface area (Å²) in [6, 6.07) is 56.7. The predicted octanol–water partition coefficient (Wildman–Crippen LogP) is 13.1. The van der Waals surface area contributed by atoms with Gasteiger partial charge in [0.1, 0.15) is 16.7 Å². The summed E-state index contributed by atoms with van der Waals surface area (Å²) in [7, 11) is 0. The minimum Gasteiger partial charge on any atom is -0.464 e. The van der Waals surface area contributed by atoms with E-state index in [0.717, 1.165) is 44.2 Å². The minimum absolute atomic E-state index is 0.836.